The zero-order valence-electron chi connectivity index (χ0n) is 15.9. The van der Waals surface area contributed by atoms with Gasteiger partial charge in [-0.2, -0.15) is 0 Å². The molecule has 1 aliphatic heterocycles. The Labute approximate surface area is 168 Å². The molecule has 1 aromatic heterocycles. The van der Waals surface area contributed by atoms with E-state index in [1.807, 2.05) is 31.2 Å². The molecule has 2 aromatic carbocycles. The first kappa shape index (κ1) is 18.8. The number of amides is 2. The SMILES string of the molecule is Cc1ccc(N2C(=O)c3cccnc3[C@H]2CC(=O)NCc2ccccc2F)cc1. The van der Waals surface area contributed by atoms with Crippen molar-refractivity contribution in [3.63, 3.8) is 0 Å². The first-order valence-corrected chi connectivity index (χ1v) is 9.40. The molecular weight excluding hydrogens is 369 g/mol. The van der Waals surface area contributed by atoms with Crippen LogP contribution >= 0.6 is 0 Å². The summed E-state index contributed by atoms with van der Waals surface area (Å²) in [5.74, 6) is -0.817. The summed E-state index contributed by atoms with van der Waals surface area (Å²) >= 11 is 0. The van der Waals surface area contributed by atoms with Crippen molar-refractivity contribution >= 4 is 17.5 Å². The quantitative estimate of drug-likeness (QED) is 0.719. The molecule has 0 bridgehead atoms. The van der Waals surface area contributed by atoms with Crippen molar-refractivity contribution in [2.45, 2.75) is 25.9 Å². The fourth-order valence-corrected chi connectivity index (χ4v) is 3.53. The molecule has 0 spiro atoms. The number of fused-ring (bicyclic) bond motifs is 1. The molecule has 0 unspecified atom stereocenters. The first-order valence-electron chi connectivity index (χ1n) is 9.40. The Kier molecular flexibility index (Phi) is 5.08. The Morgan fingerprint density at radius 2 is 1.86 bits per heavy atom. The highest BCUT2D eigenvalue weighted by atomic mass is 19.1. The lowest BCUT2D eigenvalue weighted by Gasteiger charge is -2.24. The van der Waals surface area contributed by atoms with Crippen LogP contribution in [0, 0.1) is 12.7 Å². The summed E-state index contributed by atoms with van der Waals surface area (Å²) in [6.45, 7) is 2.06. The van der Waals surface area contributed by atoms with Gasteiger partial charge in [0.1, 0.15) is 5.82 Å². The van der Waals surface area contributed by atoms with Crippen LogP contribution in [-0.2, 0) is 11.3 Å². The van der Waals surface area contributed by atoms with Crippen LogP contribution in [0.15, 0.2) is 66.9 Å². The smallest absolute Gasteiger partial charge is 0.260 e. The second-order valence-electron chi connectivity index (χ2n) is 7.03. The summed E-state index contributed by atoms with van der Waals surface area (Å²) in [5.41, 5.74) is 3.29. The number of nitrogens with one attached hydrogen (secondary N) is 1. The van der Waals surface area contributed by atoms with Crippen LogP contribution in [0.25, 0.3) is 0 Å². The number of anilines is 1. The Morgan fingerprint density at radius 3 is 2.62 bits per heavy atom. The van der Waals surface area contributed by atoms with E-state index in [9.17, 15) is 14.0 Å². The Morgan fingerprint density at radius 1 is 1.10 bits per heavy atom. The number of hydrogen-bond donors (Lipinski definition) is 1. The number of benzene rings is 2. The van der Waals surface area contributed by atoms with Gasteiger partial charge >= 0.3 is 0 Å². The van der Waals surface area contributed by atoms with Gasteiger partial charge in [0.05, 0.1) is 23.7 Å². The molecule has 5 nitrogen and oxygen atoms in total. The van der Waals surface area contributed by atoms with E-state index in [2.05, 4.69) is 10.3 Å². The number of rotatable bonds is 5. The molecule has 1 N–H and O–H groups in total. The van der Waals surface area contributed by atoms with E-state index in [1.165, 1.54) is 6.07 Å². The van der Waals surface area contributed by atoms with Gasteiger partial charge in [-0.3, -0.25) is 19.5 Å². The standard InChI is InChI=1S/C23H20FN3O2/c1-15-8-10-17(11-9-15)27-20(22-18(23(27)29)6-4-12-25-22)13-21(28)26-14-16-5-2-3-7-19(16)24/h2-12,20H,13-14H2,1H3,(H,26,28)/t20-/m1/s1. The third kappa shape index (κ3) is 3.74. The number of aromatic nitrogens is 1. The molecule has 2 amide bonds. The number of hydrogen-bond acceptors (Lipinski definition) is 3. The van der Waals surface area contributed by atoms with Gasteiger partial charge in [0.2, 0.25) is 5.91 Å². The summed E-state index contributed by atoms with van der Waals surface area (Å²) in [5, 5.41) is 2.75. The van der Waals surface area contributed by atoms with E-state index in [4.69, 9.17) is 0 Å². The van der Waals surface area contributed by atoms with Crippen molar-refractivity contribution in [2.24, 2.45) is 0 Å². The average molecular weight is 389 g/mol. The number of carbonyl (C=O) groups excluding carboxylic acids is 2. The summed E-state index contributed by atoms with van der Waals surface area (Å²) in [6.07, 6.45) is 1.66. The fraction of sp³-hybridized carbons (Fsp3) is 0.174. The molecule has 0 fully saturated rings. The lowest BCUT2D eigenvalue weighted by atomic mass is 10.1. The molecular formula is C23H20FN3O2. The number of pyridine rings is 1. The summed E-state index contributed by atoms with van der Waals surface area (Å²) in [7, 11) is 0. The molecule has 0 radical (unpaired) electrons. The zero-order valence-corrected chi connectivity index (χ0v) is 15.9. The van der Waals surface area contributed by atoms with Crippen molar-refractivity contribution in [1.29, 1.82) is 0 Å². The summed E-state index contributed by atoms with van der Waals surface area (Å²) in [4.78, 5) is 31.6. The van der Waals surface area contributed by atoms with Crippen LogP contribution in [-0.4, -0.2) is 16.8 Å². The minimum Gasteiger partial charge on any atom is -0.352 e. The second kappa shape index (κ2) is 7.83. The maximum atomic E-state index is 13.8. The lowest BCUT2D eigenvalue weighted by Crippen LogP contribution is -2.33. The number of carbonyl (C=O) groups is 2. The Bertz CT molecular complexity index is 1070. The van der Waals surface area contributed by atoms with Gasteiger partial charge in [0.25, 0.3) is 5.91 Å². The van der Waals surface area contributed by atoms with Crippen molar-refractivity contribution in [1.82, 2.24) is 10.3 Å². The van der Waals surface area contributed by atoms with E-state index in [0.29, 0.717) is 22.5 Å². The van der Waals surface area contributed by atoms with Gasteiger partial charge in [-0.15, -0.1) is 0 Å². The zero-order chi connectivity index (χ0) is 20.4. The van der Waals surface area contributed by atoms with Gasteiger partial charge in [-0.25, -0.2) is 4.39 Å². The van der Waals surface area contributed by atoms with Gasteiger partial charge in [0.15, 0.2) is 0 Å². The van der Waals surface area contributed by atoms with Crippen molar-refractivity contribution in [3.05, 3.63) is 95.1 Å². The number of aryl methyl sites for hydroxylation is 1. The van der Waals surface area contributed by atoms with Crippen LogP contribution < -0.4 is 10.2 Å². The number of nitrogens with zero attached hydrogens (tertiary/aromatic N) is 2. The molecule has 146 valence electrons. The van der Waals surface area contributed by atoms with Crippen molar-refractivity contribution in [2.75, 3.05) is 4.90 Å². The maximum Gasteiger partial charge on any atom is 0.260 e. The van der Waals surface area contributed by atoms with E-state index in [0.717, 1.165) is 5.56 Å². The molecule has 3 aromatic rings. The predicted molar refractivity (Wildman–Crippen MR) is 108 cm³/mol. The molecule has 6 heteroatoms. The predicted octanol–water partition coefficient (Wildman–Crippen LogP) is 3.94. The van der Waals surface area contributed by atoms with E-state index in [1.54, 1.807) is 41.4 Å². The van der Waals surface area contributed by atoms with Crippen LogP contribution in [0.3, 0.4) is 0 Å². The maximum absolute atomic E-state index is 13.8. The van der Waals surface area contributed by atoms with E-state index < -0.39 is 6.04 Å². The van der Waals surface area contributed by atoms with Gasteiger partial charge in [-0.1, -0.05) is 35.9 Å². The highest BCUT2D eigenvalue weighted by Crippen LogP contribution is 2.38. The highest BCUT2D eigenvalue weighted by molar-refractivity contribution is 6.11. The Balaban J connectivity index is 1.57. The van der Waals surface area contributed by atoms with Crippen LogP contribution in [0.5, 0.6) is 0 Å². The Hall–Kier alpha value is -3.54. The average Bonchev–Trinajstić information content (AvgIpc) is 3.00. The minimum absolute atomic E-state index is 0.0398. The third-order valence-corrected chi connectivity index (χ3v) is 5.04. The monoisotopic (exact) mass is 389 g/mol. The molecule has 4 rings (SSSR count). The van der Waals surface area contributed by atoms with Crippen molar-refractivity contribution < 1.29 is 14.0 Å². The topological polar surface area (TPSA) is 62.3 Å². The molecule has 29 heavy (non-hydrogen) atoms. The van der Waals surface area contributed by atoms with E-state index >= 15 is 0 Å². The second-order valence-corrected chi connectivity index (χ2v) is 7.03. The molecule has 0 saturated carbocycles. The number of halogens is 1. The molecule has 0 aliphatic carbocycles. The minimum atomic E-state index is -0.512. The summed E-state index contributed by atoms with van der Waals surface area (Å²) < 4.78 is 13.8. The molecule has 1 atom stereocenters. The molecule has 1 aliphatic rings. The normalized spacial score (nSPS) is 15.3. The van der Waals surface area contributed by atoms with E-state index in [-0.39, 0.29) is 30.6 Å². The van der Waals surface area contributed by atoms with Gasteiger partial charge < -0.3 is 5.32 Å². The fourth-order valence-electron chi connectivity index (χ4n) is 3.53. The van der Waals surface area contributed by atoms with Crippen molar-refractivity contribution in [3.8, 4) is 0 Å². The van der Waals surface area contributed by atoms with Crippen LogP contribution in [0.1, 0.15) is 39.6 Å². The van der Waals surface area contributed by atoms with Gasteiger partial charge in [-0.05, 0) is 37.3 Å². The lowest BCUT2D eigenvalue weighted by molar-refractivity contribution is -0.121. The molecule has 2 heterocycles. The van der Waals surface area contributed by atoms with Crippen LogP contribution in [0.2, 0.25) is 0 Å². The molecule has 0 saturated heterocycles. The largest absolute Gasteiger partial charge is 0.352 e. The van der Waals surface area contributed by atoms with Gasteiger partial charge in [0, 0.05) is 24.0 Å². The third-order valence-electron chi connectivity index (χ3n) is 5.04. The highest BCUT2D eigenvalue weighted by Gasteiger charge is 2.39. The van der Waals surface area contributed by atoms with Crippen LogP contribution in [0.4, 0.5) is 10.1 Å². The summed E-state index contributed by atoms with van der Waals surface area (Å²) in [6, 6.07) is 16.8. The first-order chi connectivity index (χ1) is 14.0.